The molecule has 0 saturated heterocycles. The Morgan fingerprint density at radius 3 is 0.878 bits per heavy atom. The van der Waals surface area contributed by atoms with E-state index >= 15 is 0 Å². The van der Waals surface area contributed by atoms with Crippen LogP contribution in [0.1, 0.15) is 0 Å². The van der Waals surface area contributed by atoms with E-state index in [0.717, 1.165) is 0 Å². The molecule has 0 spiro atoms. The van der Waals surface area contributed by atoms with Crippen molar-refractivity contribution in [3.8, 4) is 0 Å². The van der Waals surface area contributed by atoms with E-state index in [0.29, 0.717) is 0 Å². The number of nitrogens with zero attached hydrogens (tertiary/aromatic N) is 1. The van der Waals surface area contributed by atoms with Crippen molar-refractivity contribution in [1.29, 1.82) is 0 Å². The normalized spacial score (nSPS) is 29.6. The van der Waals surface area contributed by atoms with Crippen molar-refractivity contribution in [2.75, 3.05) is 0 Å². The van der Waals surface area contributed by atoms with Crippen molar-refractivity contribution in [1.82, 2.24) is 4.90 Å². The minimum absolute atomic E-state index is 5.87. The van der Waals surface area contributed by atoms with Gasteiger partial charge in [0.05, 0.1) is 0 Å². The molecular weight excluding hydrogens is 683 g/mol. The summed E-state index contributed by atoms with van der Waals surface area (Å²) >= 11 is 0. The van der Waals surface area contributed by atoms with Gasteiger partial charge in [0.25, 0.3) is 0 Å². The Balaban J connectivity index is 4.45. The maximum Gasteiger partial charge on any atom is 0.467 e. The molecule has 1 saturated carbocycles. The summed E-state index contributed by atoms with van der Waals surface area (Å²) in [6.07, 6.45) is -26.0. The van der Waals surface area contributed by atoms with Gasteiger partial charge in [0.1, 0.15) is 0 Å². The highest BCUT2D eigenvalue weighted by Crippen LogP contribution is 2.75. The van der Waals surface area contributed by atoms with Crippen LogP contribution in [0.5, 0.6) is 0 Å². The first kappa shape index (κ1) is 37.1. The van der Waals surface area contributed by atoms with Gasteiger partial charge in [-0.3, -0.25) is 0 Å². The predicted octanol–water partition coefficient (Wildman–Crippen LogP) is 8.36. The lowest BCUT2D eigenvalue weighted by molar-refractivity contribution is -0.558. The number of alkyl halides is 27. The highest BCUT2D eigenvalue weighted by atomic mass is 19.4. The third-order valence-electron chi connectivity index (χ3n) is 5.24. The van der Waals surface area contributed by atoms with Crippen LogP contribution in [0.25, 0.3) is 0 Å². The molecule has 1 aliphatic carbocycles. The molecule has 0 bridgehead atoms. The van der Waals surface area contributed by atoms with E-state index < -0.39 is 82.5 Å². The van der Waals surface area contributed by atoms with E-state index in [-0.39, 0.29) is 0 Å². The van der Waals surface area contributed by atoms with Crippen LogP contribution in [0.2, 0.25) is 0 Å². The van der Waals surface area contributed by atoms with Crippen LogP contribution in [-0.4, -0.2) is 82.5 Å². The Hall–Kier alpha value is -1.93. The lowest BCUT2D eigenvalue weighted by atomic mass is 9.69. The molecule has 0 aromatic carbocycles. The van der Waals surface area contributed by atoms with E-state index in [1.54, 1.807) is 0 Å². The molecule has 41 heavy (non-hydrogen) atoms. The fraction of sp³-hybridized carbons (Fsp3) is 1.00. The van der Waals surface area contributed by atoms with Crippen LogP contribution < -0.4 is 0 Å². The Labute approximate surface area is 202 Å². The van der Waals surface area contributed by atoms with Gasteiger partial charge in [-0.25, -0.2) is 8.78 Å². The second-order valence-corrected chi connectivity index (χ2v) is 7.64. The summed E-state index contributed by atoms with van der Waals surface area (Å²) in [5.41, 5.74) is -9.04. The molecule has 0 radical (unpaired) electrons. The molecule has 0 aliphatic heterocycles. The lowest BCUT2D eigenvalue weighted by Gasteiger charge is -2.58. The Kier molecular flexibility index (Phi) is 7.57. The molecule has 246 valence electrons. The minimum Gasteiger partial charge on any atom is -0.219 e. The second-order valence-electron chi connectivity index (χ2n) is 7.64. The number of rotatable bonds is 5. The summed E-state index contributed by atoms with van der Waals surface area (Å²) in [5.74, 6) is -75.1. The summed E-state index contributed by atoms with van der Waals surface area (Å²) in [6.45, 7) is 0. The van der Waals surface area contributed by atoms with Crippen molar-refractivity contribution in [2.45, 2.75) is 77.6 Å². The third-order valence-corrected chi connectivity index (χ3v) is 5.24. The smallest absolute Gasteiger partial charge is 0.219 e. The van der Waals surface area contributed by atoms with Gasteiger partial charge in [-0.05, 0) is 0 Å². The fourth-order valence-electron chi connectivity index (χ4n) is 3.11. The fourth-order valence-corrected chi connectivity index (χ4v) is 3.11. The molecule has 0 unspecified atom stereocenters. The average molecular weight is 683 g/mol. The van der Waals surface area contributed by atoms with Crippen LogP contribution in [-0.2, 0) is 0 Å². The maximum atomic E-state index is 14.7. The first-order chi connectivity index (χ1) is 17.1. The number of hydrogen-bond acceptors (Lipinski definition) is 1. The van der Waals surface area contributed by atoms with E-state index in [1.807, 2.05) is 0 Å². The molecule has 0 aromatic rings. The standard InChI is InChI=1S/C13F27N/c14-1(10(30,31)32)2(15,16)5(21,22)9(29,6(23,24)3(1,17)18)41(13(38,39)40)12(36,37)8(27,28)4(19,20)7(25,26)11(33,34)35. The average Bonchev–Trinajstić information content (AvgIpc) is 2.67. The Morgan fingerprint density at radius 1 is 0.366 bits per heavy atom. The zero-order valence-corrected chi connectivity index (χ0v) is 17.2. The van der Waals surface area contributed by atoms with Gasteiger partial charge >= 0.3 is 77.6 Å². The summed E-state index contributed by atoms with van der Waals surface area (Å²) in [5, 5.41) is 0. The molecule has 0 aromatic heterocycles. The zero-order chi connectivity index (χ0) is 34.1. The monoisotopic (exact) mass is 683 g/mol. The topological polar surface area (TPSA) is 3.24 Å². The van der Waals surface area contributed by atoms with Gasteiger partial charge in [-0.1, -0.05) is 0 Å². The molecule has 0 heterocycles. The Morgan fingerprint density at radius 2 is 0.659 bits per heavy atom. The molecule has 1 nitrogen and oxygen atoms in total. The summed E-state index contributed by atoms with van der Waals surface area (Å²) in [4.78, 5) is -5.87. The largest absolute Gasteiger partial charge is 0.467 e. The van der Waals surface area contributed by atoms with E-state index in [4.69, 9.17) is 0 Å². The molecule has 28 heteroatoms. The van der Waals surface area contributed by atoms with Gasteiger partial charge in [0.2, 0.25) is 0 Å². The van der Waals surface area contributed by atoms with Crippen LogP contribution in [0.15, 0.2) is 0 Å². The number of halogens is 27. The SMILES string of the molecule is FC(F)(F)N(C(F)(F)C(F)(F)C(F)(F)C(F)(F)C(F)(F)F)C1(F)C(F)(F)C(F)(F)C(F)(C(F)(F)F)C(F)(F)C1(F)F. The first-order valence-corrected chi connectivity index (χ1v) is 8.52. The van der Waals surface area contributed by atoms with E-state index in [2.05, 4.69) is 0 Å². The van der Waals surface area contributed by atoms with Crippen molar-refractivity contribution >= 4 is 0 Å². The molecule has 0 amide bonds. The predicted molar refractivity (Wildman–Crippen MR) is 67.3 cm³/mol. The number of hydrogen-bond donors (Lipinski definition) is 0. The van der Waals surface area contributed by atoms with Gasteiger partial charge in [-0.2, -0.15) is 110 Å². The van der Waals surface area contributed by atoms with Gasteiger partial charge < -0.3 is 0 Å². The zero-order valence-electron chi connectivity index (χ0n) is 17.2. The van der Waals surface area contributed by atoms with Crippen molar-refractivity contribution < 1.29 is 119 Å². The van der Waals surface area contributed by atoms with Crippen LogP contribution in [0.3, 0.4) is 0 Å². The molecule has 1 rings (SSSR count). The van der Waals surface area contributed by atoms with E-state index in [9.17, 15) is 119 Å². The molecule has 0 N–H and O–H groups in total. The first-order valence-electron chi connectivity index (χ1n) is 8.52. The van der Waals surface area contributed by atoms with Crippen LogP contribution in [0.4, 0.5) is 119 Å². The quantitative estimate of drug-likeness (QED) is 0.208. The van der Waals surface area contributed by atoms with Crippen molar-refractivity contribution in [3.63, 3.8) is 0 Å². The highest BCUT2D eigenvalue weighted by Gasteiger charge is 3.08. The van der Waals surface area contributed by atoms with Gasteiger partial charge in [0.15, 0.2) is 0 Å². The van der Waals surface area contributed by atoms with E-state index in [1.165, 1.54) is 0 Å². The summed E-state index contributed by atoms with van der Waals surface area (Å²) in [7, 11) is 0. The molecule has 0 atom stereocenters. The lowest BCUT2D eigenvalue weighted by Crippen LogP contribution is -2.93. The summed E-state index contributed by atoms with van der Waals surface area (Å²) in [6, 6.07) is -9.73. The van der Waals surface area contributed by atoms with Gasteiger partial charge in [0, 0.05) is 0 Å². The minimum atomic E-state index is -9.76. The maximum absolute atomic E-state index is 14.7. The van der Waals surface area contributed by atoms with Gasteiger partial charge in [-0.15, -0.1) is 4.90 Å². The highest BCUT2D eigenvalue weighted by molar-refractivity contribution is 5.31. The summed E-state index contributed by atoms with van der Waals surface area (Å²) < 4.78 is 360. The molecule has 1 aliphatic rings. The molecular formula is C13F27N. The van der Waals surface area contributed by atoms with Crippen molar-refractivity contribution in [2.24, 2.45) is 0 Å². The third kappa shape index (κ3) is 3.74. The second kappa shape index (κ2) is 8.37. The van der Waals surface area contributed by atoms with Crippen LogP contribution >= 0.6 is 0 Å². The Bertz CT molecular complexity index is 978. The van der Waals surface area contributed by atoms with Crippen molar-refractivity contribution in [3.05, 3.63) is 0 Å². The van der Waals surface area contributed by atoms with Crippen LogP contribution in [0, 0.1) is 0 Å². The molecule has 1 fully saturated rings.